The number of methoxy groups -OCH3 is 2. The summed E-state index contributed by atoms with van der Waals surface area (Å²) in [5, 5.41) is 12.9. The Hall–Kier alpha value is -2.19. The standard InChI is InChI=1S/C20H32N6O2/c1-7-20(2,3)26-19(21-22-23-26)18(25-12-10-24(4)11-13-25)16-9-8-15(27-5)14-17(16)28-6/h8-9,14,18H,7,10-13H2,1-6H3/p+2/t18-/m0/s1. The van der Waals surface area contributed by atoms with Crippen LogP contribution in [0.3, 0.4) is 0 Å². The van der Waals surface area contributed by atoms with Crippen molar-refractivity contribution < 1.29 is 19.3 Å². The van der Waals surface area contributed by atoms with Crippen LogP contribution in [0, 0.1) is 0 Å². The van der Waals surface area contributed by atoms with Crippen LogP contribution in [0.4, 0.5) is 0 Å². The van der Waals surface area contributed by atoms with Crippen LogP contribution in [0.25, 0.3) is 0 Å². The van der Waals surface area contributed by atoms with Crippen LogP contribution in [-0.2, 0) is 5.54 Å². The quantitative estimate of drug-likeness (QED) is 0.657. The van der Waals surface area contributed by atoms with Crippen molar-refractivity contribution in [2.24, 2.45) is 0 Å². The molecule has 0 saturated carbocycles. The predicted octanol–water partition coefficient (Wildman–Crippen LogP) is -0.662. The first kappa shape index (κ1) is 20.5. The van der Waals surface area contributed by atoms with Gasteiger partial charge in [-0.25, -0.2) is 4.68 Å². The van der Waals surface area contributed by atoms with Crippen molar-refractivity contribution in [2.75, 3.05) is 47.4 Å². The Morgan fingerprint density at radius 1 is 1.14 bits per heavy atom. The van der Waals surface area contributed by atoms with E-state index in [1.165, 1.54) is 4.90 Å². The molecular weight excluding hydrogens is 356 g/mol. The number of likely N-dealkylation sites (N-methyl/N-ethyl adjacent to an activating group) is 1. The predicted molar refractivity (Wildman–Crippen MR) is 106 cm³/mol. The normalized spacial score (nSPS) is 21.4. The maximum atomic E-state index is 5.75. The van der Waals surface area contributed by atoms with Gasteiger partial charge in [-0.1, -0.05) is 6.92 Å². The molecule has 1 aromatic heterocycles. The van der Waals surface area contributed by atoms with Crippen LogP contribution in [0.1, 0.15) is 44.6 Å². The van der Waals surface area contributed by atoms with E-state index >= 15 is 0 Å². The number of aromatic nitrogens is 4. The van der Waals surface area contributed by atoms with E-state index in [2.05, 4.69) is 49.4 Å². The van der Waals surface area contributed by atoms with Crippen molar-refractivity contribution >= 4 is 0 Å². The Bertz CT molecular complexity index is 783. The second kappa shape index (κ2) is 8.45. The van der Waals surface area contributed by atoms with Crippen molar-refractivity contribution in [3.8, 4) is 11.5 Å². The average Bonchev–Trinajstić information content (AvgIpc) is 3.20. The van der Waals surface area contributed by atoms with E-state index in [-0.39, 0.29) is 11.6 Å². The SMILES string of the molecule is CCC(C)(C)n1nnnc1[C@H](c1ccc(OC)cc1OC)[NH+]1CC[NH+](C)CC1. The average molecular weight is 391 g/mol. The van der Waals surface area contributed by atoms with Crippen molar-refractivity contribution in [2.45, 2.75) is 38.8 Å². The first-order valence-electron chi connectivity index (χ1n) is 10.1. The van der Waals surface area contributed by atoms with E-state index in [0.29, 0.717) is 0 Å². The number of nitrogens with zero attached hydrogens (tertiary/aromatic N) is 4. The van der Waals surface area contributed by atoms with E-state index < -0.39 is 0 Å². The fraction of sp³-hybridized carbons (Fsp3) is 0.650. The number of tetrazole rings is 1. The molecule has 8 heteroatoms. The maximum Gasteiger partial charge on any atom is 0.214 e. The van der Waals surface area contributed by atoms with Gasteiger partial charge in [0, 0.05) is 6.07 Å². The molecule has 2 heterocycles. The minimum absolute atomic E-state index is 0.00906. The summed E-state index contributed by atoms with van der Waals surface area (Å²) >= 11 is 0. The smallest absolute Gasteiger partial charge is 0.214 e. The third-order valence-electron chi connectivity index (χ3n) is 6.10. The highest BCUT2D eigenvalue weighted by Crippen LogP contribution is 2.32. The second-order valence-corrected chi connectivity index (χ2v) is 8.27. The van der Waals surface area contributed by atoms with Gasteiger partial charge in [-0.05, 0) is 42.8 Å². The van der Waals surface area contributed by atoms with E-state index in [4.69, 9.17) is 9.47 Å². The fourth-order valence-electron chi connectivity index (χ4n) is 3.84. The summed E-state index contributed by atoms with van der Waals surface area (Å²) < 4.78 is 13.2. The first-order valence-corrected chi connectivity index (χ1v) is 10.1. The number of nitrogens with one attached hydrogen (secondary N) is 2. The number of hydrogen-bond acceptors (Lipinski definition) is 5. The van der Waals surface area contributed by atoms with Crippen LogP contribution in [0.2, 0.25) is 0 Å². The molecule has 1 atom stereocenters. The van der Waals surface area contributed by atoms with E-state index in [1.807, 2.05) is 16.8 Å². The first-order chi connectivity index (χ1) is 13.4. The fourth-order valence-corrected chi connectivity index (χ4v) is 3.84. The zero-order valence-corrected chi connectivity index (χ0v) is 18.0. The molecule has 0 aliphatic carbocycles. The molecular formula is C20H34N6O2+2. The summed E-state index contributed by atoms with van der Waals surface area (Å²) in [6.45, 7) is 10.9. The van der Waals surface area contributed by atoms with Gasteiger partial charge in [0.2, 0.25) is 5.82 Å². The van der Waals surface area contributed by atoms with Crippen LogP contribution in [-0.4, -0.2) is 67.7 Å². The molecule has 1 aliphatic rings. The molecule has 8 nitrogen and oxygen atoms in total. The number of hydrogen-bond donors (Lipinski definition) is 2. The lowest BCUT2D eigenvalue weighted by Crippen LogP contribution is -3.27. The zero-order valence-electron chi connectivity index (χ0n) is 18.0. The molecule has 1 saturated heterocycles. The van der Waals surface area contributed by atoms with Gasteiger partial charge in [0.25, 0.3) is 0 Å². The van der Waals surface area contributed by atoms with E-state index in [9.17, 15) is 0 Å². The van der Waals surface area contributed by atoms with Crippen LogP contribution in [0.5, 0.6) is 11.5 Å². The van der Waals surface area contributed by atoms with Gasteiger partial charge in [-0.2, -0.15) is 0 Å². The van der Waals surface area contributed by atoms with E-state index in [0.717, 1.165) is 55.5 Å². The van der Waals surface area contributed by atoms with Gasteiger partial charge < -0.3 is 19.3 Å². The van der Waals surface area contributed by atoms with Crippen molar-refractivity contribution in [1.29, 1.82) is 0 Å². The molecule has 0 bridgehead atoms. The maximum absolute atomic E-state index is 5.75. The molecule has 0 radical (unpaired) electrons. The molecule has 2 N–H and O–H groups in total. The summed E-state index contributed by atoms with van der Waals surface area (Å²) in [7, 11) is 5.63. The molecule has 0 spiro atoms. The van der Waals surface area contributed by atoms with Gasteiger partial charge in [0.15, 0.2) is 6.04 Å². The van der Waals surface area contributed by atoms with Gasteiger partial charge >= 0.3 is 0 Å². The highest BCUT2D eigenvalue weighted by atomic mass is 16.5. The number of benzene rings is 1. The third kappa shape index (κ3) is 3.98. The molecule has 1 fully saturated rings. The van der Waals surface area contributed by atoms with Crippen molar-refractivity contribution in [3.05, 3.63) is 29.6 Å². The topological polar surface area (TPSA) is 70.9 Å². The Labute approximate surface area is 167 Å². The Kier molecular flexibility index (Phi) is 6.20. The molecule has 0 unspecified atom stereocenters. The second-order valence-electron chi connectivity index (χ2n) is 8.27. The number of ether oxygens (including phenoxy) is 2. The third-order valence-corrected chi connectivity index (χ3v) is 6.10. The monoisotopic (exact) mass is 390 g/mol. The summed E-state index contributed by atoms with van der Waals surface area (Å²) in [5.74, 6) is 2.49. The van der Waals surface area contributed by atoms with Gasteiger partial charge in [-0.15, -0.1) is 5.10 Å². The largest absolute Gasteiger partial charge is 0.497 e. The molecule has 28 heavy (non-hydrogen) atoms. The Balaban J connectivity index is 2.11. The molecule has 154 valence electrons. The highest BCUT2D eigenvalue weighted by molar-refractivity contribution is 5.43. The molecule has 3 rings (SSSR count). The minimum Gasteiger partial charge on any atom is -0.497 e. The Morgan fingerprint density at radius 3 is 2.46 bits per heavy atom. The van der Waals surface area contributed by atoms with Crippen molar-refractivity contribution in [3.63, 3.8) is 0 Å². The highest BCUT2D eigenvalue weighted by Gasteiger charge is 2.39. The lowest BCUT2D eigenvalue weighted by Gasteiger charge is -2.34. The summed E-state index contributed by atoms with van der Waals surface area (Å²) in [5.41, 5.74) is 0.939. The molecule has 1 aliphatic heterocycles. The molecule has 1 aromatic carbocycles. The zero-order chi connectivity index (χ0) is 20.3. The van der Waals surface area contributed by atoms with Crippen molar-refractivity contribution in [1.82, 2.24) is 20.2 Å². The Morgan fingerprint density at radius 2 is 1.86 bits per heavy atom. The molecule has 0 amide bonds. The number of quaternary nitrogens is 2. The van der Waals surface area contributed by atoms with Gasteiger partial charge in [-0.3, -0.25) is 0 Å². The van der Waals surface area contributed by atoms with Crippen LogP contribution in [0.15, 0.2) is 18.2 Å². The van der Waals surface area contributed by atoms with E-state index in [1.54, 1.807) is 19.1 Å². The number of piperazine rings is 1. The van der Waals surface area contributed by atoms with Gasteiger partial charge in [0.05, 0.1) is 32.4 Å². The number of rotatable bonds is 7. The lowest BCUT2D eigenvalue weighted by atomic mass is 9.98. The summed E-state index contributed by atoms with van der Waals surface area (Å²) in [4.78, 5) is 3.04. The molecule has 2 aromatic rings. The van der Waals surface area contributed by atoms with Crippen LogP contribution < -0.4 is 19.3 Å². The minimum atomic E-state index is -0.159. The summed E-state index contributed by atoms with van der Waals surface area (Å²) in [6.07, 6.45) is 0.944. The summed E-state index contributed by atoms with van der Waals surface area (Å²) in [6, 6.07) is 6.04. The van der Waals surface area contributed by atoms with Gasteiger partial charge in [0.1, 0.15) is 37.7 Å². The van der Waals surface area contributed by atoms with Crippen LogP contribution >= 0.6 is 0 Å². The lowest BCUT2D eigenvalue weighted by molar-refractivity contribution is -1.02.